The number of halogens is 6. The molecule has 0 radical (unpaired) electrons. The monoisotopic (exact) mass is 401 g/mol. The van der Waals surface area contributed by atoms with Gasteiger partial charge in [0.2, 0.25) is 10.0 Å². The normalized spacial score (nSPS) is 12.4. The van der Waals surface area contributed by atoms with Crippen LogP contribution in [0.25, 0.3) is 0 Å². The van der Waals surface area contributed by atoms with Crippen LogP contribution in [-0.2, 0) is 22.7 Å². The summed E-state index contributed by atoms with van der Waals surface area (Å²) in [6.07, 6.45) is -4.74. The van der Waals surface area contributed by atoms with Crippen LogP contribution in [0.2, 0.25) is 10.0 Å². The molecule has 24 heavy (non-hydrogen) atoms. The lowest BCUT2D eigenvalue weighted by Gasteiger charge is -2.11. The first-order valence-corrected chi connectivity index (χ1v) is 8.54. The molecule has 0 aromatic heterocycles. The lowest BCUT2D eigenvalue weighted by Crippen LogP contribution is -2.23. The van der Waals surface area contributed by atoms with E-state index in [9.17, 15) is 26.0 Å². The van der Waals surface area contributed by atoms with Gasteiger partial charge in [-0.15, -0.1) is 0 Å². The van der Waals surface area contributed by atoms with Gasteiger partial charge in [0.25, 0.3) is 0 Å². The SMILES string of the molecule is O=S(=O)(NCc1cc(F)cc(C(F)(F)F)c1)c1ccc(Cl)c(Cl)c1. The Morgan fingerprint density at radius 2 is 1.67 bits per heavy atom. The van der Waals surface area contributed by atoms with Gasteiger partial charge in [-0.3, -0.25) is 0 Å². The molecule has 0 saturated carbocycles. The molecule has 0 heterocycles. The molecule has 3 nitrogen and oxygen atoms in total. The van der Waals surface area contributed by atoms with Crippen LogP contribution in [0.3, 0.4) is 0 Å². The Bertz CT molecular complexity index is 870. The lowest BCUT2D eigenvalue weighted by molar-refractivity contribution is -0.137. The van der Waals surface area contributed by atoms with Gasteiger partial charge >= 0.3 is 6.18 Å². The molecule has 0 unspecified atom stereocenters. The minimum absolute atomic E-state index is 0.00431. The van der Waals surface area contributed by atoms with Crippen LogP contribution in [0.15, 0.2) is 41.3 Å². The summed E-state index contributed by atoms with van der Waals surface area (Å²) in [5.41, 5.74) is -1.38. The van der Waals surface area contributed by atoms with E-state index < -0.39 is 34.1 Å². The van der Waals surface area contributed by atoms with Crippen LogP contribution in [0.4, 0.5) is 17.6 Å². The van der Waals surface area contributed by atoms with Crippen molar-refractivity contribution in [1.29, 1.82) is 0 Å². The Balaban J connectivity index is 2.23. The number of hydrogen-bond donors (Lipinski definition) is 1. The van der Waals surface area contributed by atoms with Crippen molar-refractivity contribution in [2.24, 2.45) is 0 Å². The van der Waals surface area contributed by atoms with Gasteiger partial charge in [-0.2, -0.15) is 13.2 Å². The fraction of sp³-hybridized carbons (Fsp3) is 0.143. The highest BCUT2D eigenvalue weighted by Gasteiger charge is 2.31. The van der Waals surface area contributed by atoms with Crippen molar-refractivity contribution in [1.82, 2.24) is 4.72 Å². The average Bonchev–Trinajstić information content (AvgIpc) is 2.46. The zero-order chi connectivity index (χ0) is 18.1. The van der Waals surface area contributed by atoms with Crippen LogP contribution >= 0.6 is 23.2 Å². The average molecular weight is 402 g/mol. The predicted molar refractivity (Wildman–Crippen MR) is 81.9 cm³/mol. The molecular weight excluding hydrogens is 393 g/mol. The molecule has 2 aromatic carbocycles. The smallest absolute Gasteiger partial charge is 0.207 e. The van der Waals surface area contributed by atoms with Gasteiger partial charge in [-0.25, -0.2) is 17.5 Å². The first-order valence-electron chi connectivity index (χ1n) is 6.30. The topological polar surface area (TPSA) is 46.2 Å². The van der Waals surface area contributed by atoms with E-state index in [1.54, 1.807) is 0 Å². The fourth-order valence-electron chi connectivity index (χ4n) is 1.82. The van der Waals surface area contributed by atoms with Gasteiger partial charge in [-0.05, 0) is 42.0 Å². The second-order valence-corrected chi connectivity index (χ2v) is 7.33. The molecule has 2 aromatic rings. The number of nitrogens with one attached hydrogen (secondary N) is 1. The third-order valence-corrected chi connectivity index (χ3v) is 5.09. The van der Waals surface area contributed by atoms with Crippen molar-refractivity contribution >= 4 is 33.2 Å². The Morgan fingerprint density at radius 1 is 1.00 bits per heavy atom. The van der Waals surface area contributed by atoms with Crippen molar-refractivity contribution in [3.05, 3.63) is 63.4 Å². The molecular formula is C14H9Cl2F4NO2S. The third kappa shape index (κ3) is 4.60. The summed E-state index contributed by atoms with van der Waals surface area (Å²) in [5.74, 6) is -1.12. The molecule has 0 aliphatic heterocycles. The van der Waals surface area contributed by atoms with Crippen molar-refractivity contribution in [2.75, 3.05) is 0 Å². The van der Waals surface area contributed by atoms with Crippen molar-refractivity contribution in [3.8, 4) is 0 Å². The van der Waals surface area contributed by atoms with Gasteiger partial charge in [0.1, 0.15) is 5.82 Å². The Hall–Kier alpha value is -1.35. The van der Waals surface area contributed by atoms with Crippen LogP contribution in [-0.4, -0.2) is 8.42 Å². The third-order valence-electron chi connectivity index (χ3n) is 2.95. The van der Waals surface area contributed by atoms with Crippen LogP contribution in [0, 0.1) is 5.82 Å². The second-order valence-electron chi connectivity index (χ2n) is 4.75. The predicted octanol–water partition coefficient (Wildman–Crippen LogP) is 4.63. The van der Waals surface area contributed by atoms with E-state index in [1.165, 1.54) is 12.1 Å². The molecule has 0 fully saturated rings. The molecule has 0 saturated heterocycles. The Labute approximate surface area is 145 Å². The summed E-state index contributed by atoms with van der Waals surface area (Å²) in [4.78, 5) is -0.218. The van der Waals surface area contributed by atoms with Crippen LogP contribution in [0.1, 0.15) is 11.1 Å². The quantitative estimate of drug-likeness (QED) is 0.759. The lowest BCUT2D eigenvalue weighted by atomic mass is 10.1. The number of rotatable bonds is 4. The van der Waals surface area contributed by atoms with Gasteiger partial charge < -0.3 is 0 Å². The molecule has 2 rings (SSSR count). The van der Waals surface area contributed by atoms with E-state index in [-0.39, 0.29) is 20.5 Å². The van der Waals surface area contributed by atoms with Gasteiger partial charge in [0.15, 0.2) is 0 Å². The van der Waals surface area contributed by atoms with Crippen LogP contribution < -0.4 is 4.72 Å². The summed E-state index contributed by atoms with van der Waals surface area (Å²) in [5, 5.41) is 0.153. The minimum Gasteiger partial charge on any atom is -0.207 e. The molecule has 0 spiro atoms. The minimum atomic E-state index is -4.74. The largest absolute Gasteiger partial charge is 0.416 e. The molecule has 0 aliphatic rings. The van der Waals surface area contributed by atoms with E-state index in [0.29, 0.717) is 12.1 Å². The Morgan fingerprint density at radius 3 is 2.25 bits per heavy atom. The molecule has 10 heteroatoms. The van der Waals surface area contributed by atoms with Gasteiger partial charge in [0.05, 0.1) is 20.5 Å². The van der Waals surface area contributed by atoms with Crippen LogP contribution in [0.5, 0.6) is 0 Å². The van der Waals surface area contributed by atoms with Gasteiger partial charge in [0, 0.05) is 6.54 Å². The van der Waals surface area contributed by atoms with E-state index in [0.717, 1.165) is 12.1 Å². The highest BCUT2D eigenvalue weighted by Crippen LogP contribution is 2.30. The second kappa shape index (κ2) is 6.87. The number of benzene rings is 2. The highest BCUT2D eigenvalue weighted by atomic mass is 35.5. The van der Waals surface area contributed by atoms with E-state index in [4.69, 9.17) is 23.2 Å². The maximum atomic E-state index is 13.3. The summed E-state index contributed by atoms with van der Waals surface area (Å²) < 4.78 is 77.5. The van der Waals surface area contributed by atoms with Crippen molar-refractivity contribution in [3.63, 3.8) is 0 Å². The summed E-state index contributed by atoms with van der Waals surface area (Å²) in [6.45, 7) is -0.524. The van der Waals surface area contributed by atoms with Crippen molar-refractivity contribution < 1.29 is 26.0 Å². The number of alkyl halides is 3. The molecule has 0 atom stereocenters. The molecule has 0 aliphatic carbocycles. The first kappa shape index (κ1) is 19.0. The molecule has 130 valence electrons. The summed E-state index contributed by atoms with van der Waals surface area (Å²) in [6, 6.07) is 5.36. The maximum absolute atomic E-state index is 13.3. The highest BCUT2D eigenvalue weighted by molar-refractivity contribution is 7.89. The zero-order valence-corrected chi connectivity index (χ0v) is 14.0. The van der Waals surface area contributed by atoms with Gasteiger partial charge in [-0.1, -0.05) is 23.2 Å². The summed E-state index contributed by atoms with van der Waals surface area (Å²) >= 11 is 11.4. The Kier molecular flexibility index (Phi) is 5.44. The maximum Gasteiger partial charge on any atom is 0.416 e. The van der Waals surface area contributed by atoms with Crippen molar-refractivity contribution in [2.45, 2.75) is 17.6 Å². The summed E-state index contributed by atoms with van der Waals surface area (Å²) in [7, 11) is -4.06. The van der Waals surface area contributed by atoms with E-state index in [2.05, 4.69) is 4.72 Å². The molecule has 0 amide bonds. The number of sulfonamides is 1. The molecule has 0 bridgehead atoms. The molecule has 1 N–H and O–H groups in total. The standard InChI is InChI=1S/C14H9Cl2F4NO2S/c15-12-2-1-11(6-13(12)16)24(22,23)21-7-8-3-9(14(18,19)20)5-10(17)4-8/h1-6,21H,7H2. The van der Waals surface area contributed by atoms with E-state index >= 15 is 0 Å². The zero-order valence-electron chi connectivity index (χ0n) is 11.7. The first-order chi connectivity index (χ1) is 11.0. The van der Waals surface area contributed by atoms with E-state index in [1.807, 2.05) is 0 Å². The number of hydrogen-bond acceptors (Lipinski definition) is 2. The fourth-order valence-corrected chi connectivity index (χ4v) is 3.23.